The number of ether oxygens (including phenoxy) is 2. The van der Waals surface area contributed by atoms with Crippen LogP contribution in [-0.2, 0) is 11.3 Å². The molecule has 106 valence electrons. The molecule has 1 aliphatic carbocycles. The summed E-state index contributed by atoms with van der Waals surface area (Å²) in [6.45, 7) is 0.397. The van der Waals surface area contributed by atoms with Gasteiger partial charge in [0.25, 0.3) is 0 Å². The van der Waals surface area contributed by atoms with Gasteiger partial charge in [-0.25, -0.2) is 5.90 Å². The van der Waals surface area contributed by atoms with Crippen LogP contribution in [0, 0.1) is 0 Å². The lowest BCUT2D eigenvalue weighted by molar-refractivity contribution is 0.139. The maximum atomic E-state index is 6.25. The van der Waals surface area contributed by atoms with E-state index in [4.69, 9.17) is 27.0 Å². The fraction of sp³-hybridized carbons (Fsp3) is 0.571. The summed E-state index contributed by atoms with van der Waals surface area (Å²) in [5, 5.41) is 0.658. The average Bonchev–Trinajstić information content (AvgIpc) is 2.91. The van der Waals surface area contributed by atoms with Crippen molar-refractivity contribution in [3.05, 3.63) is 22.7 Å². The first-order valence-electron chi connectivity index (χ1n) is 6.60. The van der Waals surface area contributed by atoms with Crippen molar-refractivity contribution in [1.29, 1.82) is 0 Å². The summed E-state index contributed by atoms with van der Waals surface area (Å²) >= 11 is 6.25. The molecule has 0 unspecified atom stereocenters. The number of methoxy groups -OCH3 is 1. The molecule has 19 heavy (non-hydrogen) atoms. The van der Waals surface area contributed by atoms with Crippen LogP contribution >= 0.6 is 11.6 Å². The second-order valence-electron chi connectivity index (χ2n) is 4.70. The van der Waals surface area contributed by atoms with Crippen LogP contribution in [-0.4, -0.2) is 19.8 Å². The lowest BCUT2D eigenvalue weighted by Gasteiger charge is -2.20. The molecule has 1 aromatic rings. The summed E-state index contributed by atoms with van der Waals surface area (Å²) in [4.78, 5) is 4.64. The van der Waals surface area contributed by atoms with E-state index in [-0.39, 0.29) is 6.10 Å². The summed E-state index contributed by atoms with van der Waals surface area (Å²) in [5.74, 6) is 6.54. The Bertz CT molecular complexity index is 419. The third kappa shape index (κ3) is 3.53. The van der Waals surface area contributed by atoms with Gasteiger partial charge in [-0.2, -0.15) is 0 Å². The van der Waals surface area contributed by atoms with Crippen molar-refractivity contribution in [2.24, 2.45) is 5.90 Å². The summed E-state index contributed by atoms with van der Waals surface area (Å²) in [5.41, 5.74) is 0.901. The van der Waals surface area contributed by atoms with Crippen LogP contribution in [0.2, 0.25) is 5.02 Å². The molecule has 1 aromatic carbocycles. The van der Waals surface area contributed by atoms with Gasteiger partial charge in [-0.3, -0.25) is 0 Å². The van der Waals surface area contributed by atoms with Crippen molar-refractivity contribution in [3.8, 4) is 11.5 Å². The van der Waals surface area contributed by atoms with Crippen molar-refractivity contribution in [2.75, 3.05) is 13.7 Å². The maximum Gasteiger partial charge on any atom is 0.166 e. The van der Waals surface area contributed by atoms with Crippen LogP contribution in [0.3, 0.4) is 0 Å². The van der Waals surface area contributed by atoms with E-state index in [0.717, 1.165) is 24.2 Å². The molecule has 0 atom stereocenters. The third-order valence-electron chi connectivity index (χ3n) is 3.44. The molecule has 0 heterocycles. The van der Waals surface area contributed by atoms with Gasteiger partial charge < -0.3 is 14.3 Å². The molecule has 5 heteroatoms. The normalized spacial score (nSPS) is 15.7. The largest absolute Gasteiger partial charge is 0.493 e. The zero-order valence-electron chi connectivity index (χ0n) is 11.2. The number of benzene rings is 1. The fourth-order valence-electron chi connectivity index (χ4n) is 2.44. The van der Waals surface area contributed by atoms with Gasteiger partial charge in [0.1, 0.15) is 0 Å². The first kappa shape index (κ1) is 14.4. The summed E-state index contributed by atoms with van der Waals surface area (Å²) in [6.07, 6.45) is 5.47. The number of halogens is 1. The van der Waals surface area contributed by atoms with E-state index in [1.54, 1.807) is 7.11 Å². The highest BCUT2D eigenvalue weighted by Gasteiger charge is 2.21. The number of nitrogens with two attached hydrogens (primary N) is 1. The van der Waals surface area contributed by atoms with Crippen molar-refractivity contribution in [2.45, 2.75) is 38.2 Å². The number of hydrogen-bond donors (Lipinski definition) is 1. The predicted octanol–water partition coefficient (Wildman–Crippen LogP) is 3.10. The van der Waals surface area contributed by atoms with Crippen molar-refractivity contribution in [1.82, 2.24) is 0 Å². The number of rotatable bonds is 6. The minimum atomic E-state index is 0.255. The Hall–Kier alpha value is -0.970. The van der Waals surface area contributed by atoms with Crippen LogP contribution < -0.4 is 15.4 Å². The standard InChI is InChI=1S/C14H20ClNO3/c1-17-13-7-6-12(15)11(8-9-18-16)14(13)19-10-4-2-3-5-10/h6-7,10H,2-5,8-9,16H2,1H3. The molecule has 0 bridgehead atoms. The fourth-order valence-corrected chi connectivity index (χ4v) is 2.68. The van der Waals surface area contributed by atoms with Gasteiger partial charge in [0, 0.05) is 17.0 Å². The van der Waals surface area contributed by atoms with E-state index in [1.165, 1.54) is 12.8 Å². The topological polar surface area (TPSA) is 53.7 Å². The van der Waals surface area contributed by atoms with E-state index < -0.39 is 0 Å². The quantitative estimate of drug-likeness (QED) is 0.816. The Morgan fingerprint density at radius 1 is 1.32 bits per heavy atom. The lowest BCUT2D eigenvalue weighted by Crippen LogP contribution is -2.14. The second kappa shape index (κ2) is 6.98. The average molecular weight is 286 g/mol. The van der Waals surface area contributed by atoms with E-state index in [2.05, 4.69) is 4.84 Å². The highest BCUT2D eigenvalue weighted by molar-refractivity contribution is 6.31. The van der Waals surface area contributed by atoms with Crippen LogP contribution in [0.5, 0.6) is 11.5 Å². The first-order chi connectivity index (χ1) is 9.26. The van der Waals surface area contributed by atoms with Crippen LogP contribution in [0.4, 0.5) is 0 Å². The van der Waals surface area contributed by atoms with Gasteiger partial charge in [0.2, 0.25) is 0 Å². The molecule has 4 nitrogen and oxygen atoms in total. The molecule has 0 radical (unpaired) electrons. The van der Waals surface area contributed by atoms with Crippen molar-refractivity contribution < 1.29 is 14.3 Å². The van der Waals surface area contributed by atoms with Gasteiger partial charge >= 0.3 is 0 Å². The van der Waals surface area contributed by atoms with E-state index in [0.29, 0.717) is 23.8 Å². The monoisotopic (exact) mass is 285 g/mol. The number of hydrogen-bond acceptors (Lipinski definition) is 4. The Balaban J connectivity index is 2.26. The highest BCUT2D eigenvalue weighted by atomic mass is 35.5. The smallest absolute Gasteiger partial charge is 0.166 e. The minimum absolute atomic E-state index is 0.255. The Labute approximate surface area is 118 Å². The van der Waals surface area contributed by atoms with Crippen LogP contribution in [0.25, 0.3) is 0 Å². The zero-order chi connectivity index (χ0) is 13.7. The van der Waals surface area contributed by atoms with Crippen molar-refractivity contribution in [3.63, 3.8) is 0 Å². The van der Waals surface area contributed by atoms with Gasteiger partial charge in [-0.05, 0) is 37.8 Å². The Morgan fingerprint density at radius 2 is 2.05 bits per heavy atom. The Kier molecular flexibility index (Phi) is 5.31. The predicted molar refractivity (Wildman–Crippen MR) is 74.7 cm³/mol. The van der Waals surface area contributed by atoms with E-state index in [9.17, 15) is 0 Å². The SMILES string of the molecule is COc1ccc(Cl)c(CCON)c1OC1CCCC1. The molecule has 0 spiro atoms. The van der Waals surface area contributed by atoms with Gasteiger partial charge in [-0.15, -0.1) is 0 Å². The maximum absolute atomic E-state index is 6.25. The molecule has 0 amide bonds. The molecule has 1 fully saturated rings. The highest BCUT2D eigenvalue weighted by Crippen LogP contribution is 2.38. The molecular formula is C14H20ClNO3. The minimum Gasteiger partial charge on any atom is -0.493 e. The summed E-state index contributed by atoms with van der Waals surface area (Å²) < 4.78 is 11.5. The van der Waals surface area contributed by atoms with E-state index >= 15 is 0 Å². The third-order valence-corrected chi connectivity index (χ3v) is 3.80. The Morgan fingerprint density at radius 3 is 2.68 bits per heavy atom. The van der Waals surface area contributed by atoms with Gasteiger partial charge in [-0.1, -0.05) is 11.6 Å². The molecule has 0 aromatic heterocycles. The molecule has 1 aliphatic rings. The lowest BCUT2D eigenvalue weighted by atomic mass is 10.1. The van der Waals surface area contributed by atoms with Gasteiger partial charge in [0.15, 0.2) is 11.5 Å². The van der Waals surface area contributed by atoms with Gasteiger partial charge in [0.05, 0.1) is 19.8 Å². The molecule has 1 saturated carbocycles. The molecule has 2 rings (SSSR count). The van der Waals surface area contributed by atoms with E-state index in [1.807, 2.05) is 12.1 Å². The second-order valence-corrected chi connectivity index (χ2v) is 5.11. The summed E-state index contributed by atoms with van der Waals surface area (Å²) in [7, 11) is 1.63. The zero-order valence-corrected chi connectivity index (χ0v) is 11.9. The van der Waals surface area contributed by atoms with Crippen LogP contribution in [0.15, 0.2) is 12.1 Å². The summed E-state index contributed by atoms with van der Waals surface area (Å²) in [6, 6.07) is 3.65. The molecule has 0 saturated heterocycles. The van der Waals surface area contributed by atoms with Crippen molar-refractivity contribution >= 4 is 11.6 Å². The molecule has 2 N–H and O–H groups in total. The van der Waals surface area contributed by atoms with Crippen LogP contribution in [0.1, 0.15) is 31.2 Å². The molecule has 0 aliphatic heterocycles. The molecular weight excluding hydrogens is 266 g/mol. The first-order valence-corrected chi connectivity index (χ1v) is 6.97.